The number of aryl methyl sites for hydroxylation is 1. The maximum Gasteiger partial charge on any atom is 0.329 e. The Morgan fingerprint density at radius 1 is 1.42 bits per heavy atom. The number of nitrogens with zero attached hydrogens (tertiary/aromatic N) is 2. The standard InChI is InChI=1S/C17H18N2O5/c1-11-9-12(24-18-11)10-23-17(22)14-6-4-8-19(14)16(21)13-5-2-3-7-15(13)20/h2-3,5,7,9,14,20H,4,6,8,10H2,1H3/t14-/m1/s1. The van der Waals surface area contributed by atoms with Crippen LogP contribution in [0.4, 0.5) is 0 Å². The normalized spacial score (nSPS) is 17.0. The van der Waals surface area contributed by atoms with E-state index in [1.807, 2.05) is 0 Å². The van der Waals surface area contributed by atoms with E-state index < -0.39 is 12.0 Å². The Morgan fingerprint density at radius 2 is 2.21 bits per heavy atom. The summed E-state index contributed by atoms with van der Waals surface area (Å²) in [5.74, 6) is -0.496. The van der Waals surface area contributed by atoms with Crippen molar-refractivity contribution in [3.05, 3.63) is 47.3 Å². The van der Waals surface area contributed by atoms with Gasteiger partial charge in [-0.15, -0.1) is 0 Å². The third kappa shape index (κ3) is 3.24. The first-order valence-corrected chi connectivity index (χ1v) is 7.74. The van der Waals surface area contributed by atoms with Gasteiger partial charge in [-0.25, -0.2) is 4.79 Å². The summed E-state index contributed by atoms with van der Waals surface area (Å²) in [7, 11) is 0. The van der Waals surface area contributed by atoms with E-state index in [0.29, 0.717) is 30.8 Å². The minimum absolute atomic E-state index is 0.0191. The van der Waals surface area contributed by atoms with E-state index in [0.717, 1.165) is 0 Å². The van der Waals surface area contributed by atoms with Gasteiger partial charge in [0.2, 0.25) is 0 Å². The number of benzene rings is 1. The lowest BCUT2D eigenvalue weighted by atomic mass is 10.1. The fourth-order valence-corrected chi connectivity index (χ4v) is 2.79. The third-order valence-corrected chi connectivity index (χ3v) is 3.95. The summed E-state index contributed by atoms with van der Waals surface area (Å²) >= 11 is 0. The fourth-order valence-electron chi connectivity index (χ4n) is 2.79. The number of rotatable bonds is 4. The molecule has 1 amide bonds. The van der Waals surface area contributed by atoms with Crippen molar-refractivity contribution in [3.8, 4) is 5.75 Å². The van der Waals surface area contributed by atoms with Gasteiger partial charge in [-0.1, -0.05) is 17.3 Å². The number of aromatic hydroxyl groups is 1. The van der Waals surface area contributed by atoms with Gasteiger partial charge in [0.05, 0.1) is 11.3 Å². The molecule has 0 saturated carbocycles. The Bertz CT molecular complexity index is 755. The highest BCUT2D eigenvalue weighted by Gasteiger charge is 2.36. The lowest BCUT2D eigenvalue weighted by Crippen LogP contribution is -2.41. The summed E-state index contributed by atoms with van der Waals surface area (Å²) < 4.78 is 10.2. The molecule has 2 aromatic rings. The van der Waals surface area contributed by atoms with Crippen LogP contribution in [0.3, 0.4) is 0 Å². The summed E-state index contributed by atoms with van der Waals surface area (Å²) in [6.07, 6.45) is 1.24. The van der Waals surface area contributed by atoms with Crippen molar-refractivity contribution < 1.29 is 24.0 Å². The van der Waals surface area contributed by atoms with Gasteiger partial charge in [0, 0.05) is 12.6 Å². The van der Waals surface area contributed by atoms with E-state index in [2.05, 4.69) is 5.16 Å². The SMILES string of the molecule is Cc1cc(COC(=O)[C@H]2CCCN2C(=O)c2ccccc2O)on1. The van der Waals surface area contributed by atoms with Gasteiger partial charge in [-0.05, 0) is 31.9 Å². The van der Waals surface area contributed by atoms with E-state index in [-0.39, 0.29) is 23.8 Å². The number of hydrogen-bond donors (Lipinski definition) is 1. The number of aromatic nitrogens is 1. The number of hydrogen-bond acceptors (Lipinski definition) is 6. The summed E-state index contributed by atoms with van der Waals surface area (Å²) in [6.45, 7) is 2.21. The number of likely N-dealkylation sites (tertiary alicyclic amines) is 1. The quantitative estimate of drug-likeness (QED) is 0.862. The lowest BCUT2D eigenvalue weighted by molar-refractivity contribution is -0.150. The van der Waals surface area contributed by atoms with E-state index in [9.17, 15) is 14.7 Å². The molecular weight excluding hydrogens is 312 g/mol. The van der Waals surface area contributed by atoms with Gasteiger partial charge in [-0.3, -0.25) is 4.79 Å². The molecule has 2 heterocycles. The van der Waals surface area contributed by atoms with Crippen molar-refractivity contribution >= 4 is 11.9 Å². The molecule has 0 spiro atoms. The van der Waals surface area contributed by atoms with Crippen LogP contribution in [-0.2, 0) is 16.1 Å². The first-order chi connectivity index (χ1) is 11.6. The molecule has 0 bridgehead atoms. The van der Waals surface area contributed by atoms with Crippen LogP contribution in [-0.4, -0.2) is 39.6 Å². The number of carbonyl (C=O) groups excluding carboxylic acids is 2. The smallest absolute Gasteiger partial charge is 0.329 e. The maximum atomic E-state index is 12.6. The molecule has 1 saturated heterocycles. The van der Waals surface area contributed by atoms with Crippen LogP contribution in [0, 0.1) is 6.92 Å². The van der Waals surface area contributed by atoms with Gasteiger partial charge in [-0.2, -0.15) is 0 Å². The number of amides is 1. The van der Waals surface area contributed by atoms with Crippen molar-refractivity contribution in [2.24, 2.45) is 0 Å². The molecule has 7 nitrogen and oxygen atoms in total. The zero-order chi connectivity index (χ0) is 17.1. The topological polar surface area (TPSA) is 92.9 Å². The predicted molar refractivity (Wildman–Crippen MR) is 83.2 cm³/mol. The molecule has 0 unspecified atom stereocenters. The van der Waals surface area contributed by atoms with Crippen LogP contribution in [0.2, 0.25) is 0 Å². The zero-order valence-electron chi connectivity index (χ0n) is 13.3. The van der Waals surface area contributed by atoms with Gasteiger partial charge in [0.15, 0.2) is 12.4 Å². The molecule has 1 aromatic carbocycles. The molecule has 1 N–H and O–H groups in total. The number of esters is 1. The zero-order valence-corrected chi connectivity index (χ0v) is 13.3. The van der Waals surface area contributed by atoms with Crippen molar-refractivity contribution in [2.75, 3.05) is 6.54 Å². The summed E-state index contributed by atoms with van der Waals surface area (Å²) in [4.78, 5) is 26.4. The number of ether oxygens (including phenoxy) is 1. The third-order valence-electron chi connectivity index (χ3n) is 3.95. The molecule has 1 aliphatic rings. The molecule has 3 rings (SSSR count). The second kappa shape index (κ2) is 6.74. The van der Waals surface area contributed by atoms with Crippen LogP contribution in [0.1, 0.15) is 34.7 Å². The largest absolute Gasteiger partial charge is 0.507 e. The Kier molecular flexibility index (Phi) is 4.50. The maximum absolute atomic E-state index is 12.6. The Morgan fingerprint density at radius 3 is 2.92 bits per heavy atom. The van der Waals surface area contributed by atoms with Crippen molar-refractivity contribution in [2.45, 2.75) is 32.4 Å². The molecular formula is C17H18N2O5. The average Bonchev–Trinajstić information content (AvgIpc) is 3.21. The van der Waals surface area contributed by atoms with Crippen LogP contribution in [0.25, 0.3) is 0 Å². The summed E-state index contributed by atoms with van der Waals surface area (Å²) in [5.41, 5.74) is 0.890. The second-order valence-electron chi connectivity index (χ2n) is 5.72. The highest BCUT2D eigenvalue weighted by atomic mass is 16.6. The van der Waals surface area contributed by atoms with Crippen molar-refractivity contribution in [3.63, 3.8) is 0 Å². The molecule has 126 valence electrons. The predicted octanol–water partition coefficient (Wildman–Crippen LogP) is 2.04. The monoisotopic (exact) mass is 330 g/mol. The van der Waals surface area contributed by atoms with E-state index in [1.165, 1.54) is 17.0 Å². The first kappa shape index (κ1) is 16.0. The molecule has 24 heavy (non-hydrogen) atoms. The van der Waals surface area contributed by atoms with E-state index in [4.69, 9.17) is 9.26 Å². The fraction of sp³-hybridized carbons (Fsp3) is 0.353. The van der Waals surface area contributed by atoms with Crippen molar-refractivity contribution in [1.29, 1.82) is 0 Å². The first-order valence-electron chi connectivity index (χ1n) is 7.74. The van der Waals surface area contributed by atoms with Crippen LogP contribution in [0.15, 0.2) is 34.9 Å². The van der Waals surface area contributed by atoms with Crippen LogP contribution in [0.5, 0.6) is 5.75 Å². The number of para-hydroxylation sites is 1. The molecule has 1 aliphatic heterocycles. The minimum Gasteiger partial charge on any atom is -0.507 e. The number of carbonyl (C=O) groups is 2. The summed E-state index contributed by atoms with van der Waals surface area (Å²) in [6, 6.07) is 7.33. The number of phenolic OH excluding ortho intramolecular Hbond substituents is 1. The van der Waals surface area contributed by atoms with Gasteiger partial charge >= 0.3 is 5.97 Å². The highest BCUT2D eigenvalue weighted by Crippen LogP contribution is 2.25. The second-order valence-corrected chi connectivity index (χ2v) is 5.72. The molecule has 1 fully saturated rings. The van der Waals surface area contributed by atoms with Crippen LogP contribution < -0.4 is 0 Å². The molecule has 1 aromatic heterocycles. The highest BCUT2D eigenvalue weighted by molar-refractivity contribution is 5.99. The molecule has 7 heteroatoms. The Hall–Kier alpha value is -2.83. The van der Waals surface area contributed by atoms with Crippen LogP contribution >= 0.6 is 0 Å². The van der Waals surface area contributed by atoms with E-state index in [1.54, 1.807) is 25.1 Å². The average molecular weight is 330 g/mol. The van der Waals surface area contributed by atoms with E-state index >= 15 is 0 Å². The molecule has 1 atom stereocenters. The minimum atomic E-state index is -0.652. The summed E-state index contributed by atoms with van der Waals surface area (Å²) in [5, 5.41) is 13.6. The Labute approximate surface area is 138 Å². The van der Waals surface area contributed by atoms with Gasteiger partial charge in [0.1, 0.15) is 11.8 Å². The van der Waals surface area contributed by atoms with Crippen molar-refractivity contribution in [1.82, 2.24) is 10.1 Å². The molecule has 0 aliphatic carbocycles. The van der Waals surface area contributed by atoms with Gasteiger partial charge < -0.3 is 19.3 Å². The van der Waals surface area contributed by atoms with Gasteiger partial charge in [0.25, 0.3) is 5.91 Å². The number of phenols is 1. The molecule has 0 radical (unpaired) electrons. The lowest BCUT2D eigenvalue weighted by Gasteiger charge is -2.23. The Balaban J connectivity index is 1.67.